The van der Waals surface area contributed by atoms with Crippen LogP contribution in [-0.2, 0) is 19.6 Å². The van der Waals surface area contributed by atoms with Crippen LogP contribution in [0.4, 0.5) is 0 Å². The average molecular weight is 399 g/mol. The van der Waals surface area contributed by atoms with Gasteiger partial charge in [0.1, 0.15) is 0 Å². The van der Waals surface area contributed by atoms with Crippen molar-refractivity contribution in [1.29, 1.82) is 0 Å². The Hall–Kier alpha value is -0.671. The Morgan fingerprint density at radius 3 is 2.76 bits per heavy atom. The number of carbonyl (C=O) groups excluding carboxylic acids is 1. The van der Waals surface area contributed by atoms with Gasteiger partial charge in [-0.2, -0.15) is 0 Å². The molecule has 2 aliphatic heterocycles. The van der Waals surface area contributed by atoms with Gasteiger partial charge >= 0.3 is 135 Å². The molecule has 0 aromatic rings. The zero-order chi connectivity index (χ0) is 15.6. The molecule has 0 atom stereocenters. The summed E-state index contributed by atoms with van der Waals surface area (Å²) in [7, 11) is -3.96. The van der Waals surface area contributed by atoms with Gasteiger partial charge in [-0.05, 0) is 0 Å². The van der Waals surface area contributed by atoms with Crippen LogP contribution < -0.4 is 0 Å². The van der Waals surface area contributed by atoms with Crippen LogP contribution in [0.25, 0.3) is 0 Å². The van der Waals surface area contributed by atoms with Crippen LogP contribution in [0.3, 0.4) is 0 Å². The minimum absolute atomic E-state index is 0.112. The van der Waals surface area contributed by atoms with Gasteiger partial charge in [0, 0.05) is 0 Å². The first-order valence-electron chi connectivity index (χ1n) is 6.44. The third-order valence-electron chi connectivity index (χ3n) is 3.08. The van der Waals surface area contributed by atoms with Crippen molar-refractivity contribution >= 4 is 47.1 Å². The third kappa shape index (κ3) is 3.95. The number of carbonyl (C=O) groups is 1. The molecule has 2 rings (SSSR count). The summed E-state index contributed by atoms with van der Waals surface area (Å²) >= 11 is 4.98. The summed E-state index contributed by atoms with van der Waals surface area (Å²) in [5.41, 5.74) is 0. The fourth-order valence-corrected chi connectivity index (χ4v) is 5.28. The quantitative estimate of drug-likeness (QED) is 0.292. The van der Waals surface area contributed by atoms with Gasteiger partial charge in [0.05, 0.1) is 0 Å². The number of hydrogen-bond donors (Lipinski definition) is 1. The molecular weight excluding hydrogens is 383 g/mol. The van der Waals surface area contributed by atoms with E-state index in [1.54, 1.807) is 4.90 Å². The van der Waals surface area contributed by atoms with E-state index in [1.807, 2.05) is 11.8 Å². The first kappa shape index (κ1) is 16.7. The van der Waals surface area contributed by atoms with Crippen LogP contribution in [-0.4, -0.2) is 79.5 Å². The molecule has 2 saturated heterocycles. The molecule has 2 aliphatic rings. The van der Waals surface area contributed by atoms with Crippen LogP contribution in [0, 0.1) is 0 Å². The monoisotopic (exact) mass is 400 g/mol. The fraction of sp³-hybridized carbons (Fsp3) is 0.636. The molecule has 1 N–H and O–H groups in total. The molecule has 0 saturated carbocycles. The Morgan fingerprint density at radius 2 is 2.19 bits per heavy atom. The van der Waals surface area contributed by atoms with E-state index in [2.05, 4.69) is 0 Å². The number of thiocarbonyl (C=S) groups is 1. The van der Waals surface area contributed by atoms with Crippen LogP contribution in [0.2, 0.25) is 0 Å². The molecular formula is C11H16N2O5S2Se. The van der Waals surface area contributed by atoms with Crippen molar-refractivity contribution < 1.29 is 22.5 Å². The second-order valence-electron chi connectivity index (χ2n) is 4.53. The van der Waals surface area contributed by atoms with Crippen LogP contribution in [0.15, 0.2) is 10.4 Å². The van der Waals surface area contributed by atoms with E-state index < -0.39 is 10.1 Å². The fourth-order valence-electron chi connectivity index (χ4n) is 2.11. The van der Waals surface area contributed by atoms with Crippen LogP contribution in [0.5, 0.6) is 0 Å². The molecule has 0 unspecified atom stereocenters. The topological polar surface area (TPSA) is 87.2 Å². The molecule has 0 bridgehead atoms. The van der Waals surface area contributed by atoms with E-state index in [1.165, 1.54) is 0 Å². The van der Waals surface area contributed by atoms with E-state index in [0.717, 1.165) is 0 Å². The van der Waals surface area contributed by atoms with Crippen molar-refractivity contribution in [2.24, 2.45) is 0 Å². The number of nitrogens with zero attached hydrogens (tertiary/aromatic N) is 2. The molecule has 7 nitrogen and oxygen atoms in total. The van der Waals surface area contributed by atoms with Crippen LogP contribution >= 0.6 is 12.2 Å². The normalized spacial score (nSPS) is 23.1. The van der Waals surface area contributed by atoms with Gasteiger partial charge in [-0.3, -0.25) is 0 Å². The molecule has 0 radical (unpaired) electrons. The standard InChI is InChI=1S/C11H16N2O5S2Se/c1-2-13-9(14)8(21-11(13)19)10-12(5-6-18-10)4-3-7-20(15,16)17/h2-7H2,1H3,(H,15,16,17)/b10-8-. The maximum atomic E-state index is 12.3. The number of hydrogen-bond acceptors (Lipinski definition) is 6. The Balaban J connectivity index is 2.09. The van der Waals surface area contributed by atoms with Gasteiger partial charge in [0.2, 0.25) is 0 Å². The summed E-state index contributed by atoms with van der Waals surface area (Å²) in [4.78, 5) is 15.7. The van der Waals surface area contributed by atoms with Gasteiger partial charge < -0.3 is 0 Å². The first-order chi connectivity index (χ1) is 9.83. The van der Waals surface area contributed by atoms with Crippen molar-refractivity contribution in [3.05, 3.63) is 10.4 Å². The molecule has 118 valence electrons. The molecule has 0 aromatic heterocycles. The van der Waals surface area contributed by atoms with E-state index in [4.69, 9.17) is 21.5 Å². The molecule has 10 heteroatoms. The van der Waals surface area contributed by atoms with Gasteiger partial charge in [-0.15, -0.1) is 0 Å². The van der Waals surface area contributed by atoms with Gasteiger partial charge in [0.15, 0.2) is 0 Å². The minimum atomic E-state index is -3.96. The number of amides is 1. The summed E-state index contributed by atoms with van der Waals surface area (Å²) in [6, 6.07) is 0. The van der Waals surface area contributed by atoms with Crippen molar-refractivity contribution in [2.75, 3.05) is 32.0 Å². The molecule has 0 spiro atoms. The van der Waals surface area contributed by atoms with Gasteiger partial charge in [-0.1, -0.05) is 0 Å². The van der Waals surface area contributed by atoms with Gasteiger partial charge in [0.25, 0.3) is 0 Å². The zero-order valence-electron chi connectivity index (χ0n) is 11.4. The van der Waals surface area contributed by atoms with Crippen molar-refractivity contribution in [3.8, 4) is 0 Å². The molecule has 0 aliphatic carbocycles. The van der Waals surface area contributed by atoms with E-state index in [9.17, 15) is 13.2 Å². The molecule has 21 heavy (non-hydrogen) atoms. The molecule has 0 aromatic carbocycles. The Labute approximate surface area is 135 Å². The zero-order valence-corrected chi connectivity index (χ0v) is 14.8. The number of ether oxygens (including phenoxy) is 1. The molecule has 2 fully saturated rings. The summed E-state index contributed by atoms with van der Waals surface area (Å²) < 4.78 is 37.0. The molecule has 2 heterocycles. The van der Waals surface area contributed by atoms with Crippen LogP contribution in [0.1, 0.15) is 13.3 Å². The van der Waals surface area contributed by atoms with E-state index >= 15 is 0 Å². The number of likely N-dealkylation sites (N-methyl/N-ethyl adjacent to an activating group) is 1. The SMILES string of the molecule is CCN1C(=O)/C(=C2/OCCN2CCCS(=O)(=O)O)[Se]C1=S. The predicted octanol–water partition coefficient (Wildman–Crippen LogP) is -0.383. The van der Waals surface area contributed by atoms with Crippen molar-refractivity contribution in [3.63, 3.8) is 0 Å². The van der Waals surface area contributed by atoms with Crippen molar-refractivity contribution in [1.82, 2.24) is 9.80 Å². The molecule has 1 amide bonds. The van der Waals surface area contributed by atoms with Crippen molar-refractivity contribution in [2.45, 2.75) is 13.3 Å². The average Bonchev–Trinajstić information content (AvgIpc) is 2.93. The second-order valence-corrected chi connectivity index (χ2v) is 9.16. The predicted molar refractivity (Wildman–Crippen MR) is 81.3 cm³/mol. The Bertz CT molecular complexity index is 589. The van der Waals surface area contributed by atoms with E-state index in [-0.39, 0.29) is 33.0 Å². The summed E-state index contributed by atoms with van der Waals surface area (Å²) in [5.74, 6) is 0.109. The third-order valence-corrected chi connectivity index (χ3v) is 6.52. The summed E-state index contributed by atoms with van der Waals surface area (Å²) in [6.07, 6.45) is 0.280. The Morgan fingerprint density at radius 1 is 1.48 bits per heavy atom. The number of rotatable bonds is 5. The first-order valence-corrected chi connectivity index (χ1v) is 10.2. The van der Waals surface area contributed by atoms with Gasteiger partial charge in [-0.25, -0.2) is 0 Å². The van der Waals surface area contributed by atoms with E-state index in [0.29, 0.717) is 40.5 Å². The second kappa shape index (κ2) is 6.62. The maximum absolute atomic E-state index is 12.3. The Kier molecular flexibility index (Phi) is 5.26. The summed E-state index contributed by atoms with van der Waals surface area (Å²) in [6.45, 7) is 3.90. The summed E-state index contributed by atoms with van der Waals surface area (Å²) in [5, 5.41) is 0.